The lowest BCUT2D eigenvalue weighted by Crippen LogP contribution is -2.10. The lowest BCUT2D eigenvalue weighted by molar-refractivity contribution is -0.142. The van der Waals surface area contributed by atoms with Crippen LogP contribution in [0.1, 0.15) is 11.1 Å². The third-order valence-electron chi connectivity index (χ3n) is 3.11. The molecule has 0 amide bonds. The Hall–Kier alpha value is -2.49. The molecule has 2 rings (SSSR count). The summed E-state index contributed by atoms with van der Waals surface area (Å²) < 4.78 is 10.3. The summed E-state index contributed by atoms with van der Waals surface area (Å²) in [5.74, 6) is 0.575. The van der Waals surface area contributed by atoms with Crippen molar-refractivity contribution in [3.05, 3.63) is 59.7 Å². The Morgan fingerprint density at radius 1 is 1.10 bits per heavy atom. The summed E-state index contributed by atoms with van der Waals surface area (Å²) in [7, 11) is 1.63. The molecule has 21 heavy (non-hydrogen) atoms. The first-order valence-electron chi connectivity index (χ1n) is 6.80. The van der Waals surface area contributed by atoms with E-state index in [1.807, 2.05) is 36.4 Å². The van der Waals surface area contributed by atoms with E-state index < -0.39 is 0 Å². The molecule has 0 spiro atoms. The second-order valence-electron chi connectivity index (χ2n) is 4.74. The second kappa shape index (κ2) is 7.33. The van der Waals surface area contributed by atoms with Gasteiger partial charge < -0.3 is 15.2 Å². The minimum Gasteiger partial charge on any atom is -0.497 e. The van der Waals surface area contributed by atoms with Gasteiger partial charge in [-0.1, -0.05) is 24.3 Å². The van der Waals surface area contributed by atoms with Crippen LogP contribution in [0.5, 0.6) is 5.75 Å². The number of hydrogen-bond acceptors (Lipinski definition) is 4. The first kappa shape index (κ1) is 14.9. The number of carbonyl (C=O) groups excluding carboxylic acids is 1. The summed E-state index contributed by atoms with van der Waals surface area (Å²) in [4.78, 5) is 11.7. The molecule has 0 bridgehead atoms. The van der Waals surface area contributed by atoms with Crippen LogP contribution in [0, 0.1) is 0 Å². The molecular weight excluding hydrogens is 266 g/mol. The summed E-state index contributed by atoms with van der Waals surface area (Å²) in [6.07, 6.45) is 0.931. The van der Waals surface area contributed by atoms with Gasteiger partial charge in [-0.25, -0.2) is 0 Å². The van der Waals surface area contributed by atoms with Gasteiger partial charge in [0.25, 0.3) is 0 Å². The number of nitrogen functional groups attached to an aromatic ring is 1. The summed E-state index contributed by atoms with van der Waals surface area (Å²) in [6.45, 7) is 0.369. The molecule has 0 saturated carbocycles. The highest BCUT2D eigenvalue weighted by molar-refractivity contribution is 5.73. The van der Waals surface area contributed by atoms with Gasteiger partial charge >= 0.3 is 5.97 Å². The molecule has 2 aromatic rings. The summed E-state index contributed by atoms with van der Waals surface area (Å²) in [5, 5.41) is 0. The topological polar surface area (TPSA) is 61.5 Å². The maximum Gasteiger partial charge on any atom is 0.310 e. The zero-order valence-electron chi connectivity index (χ0n) is 12.0. The Morgan fingerprint density at radius 2 is 1.86 bits per heavy atom. The molecule has 0 aromatic heterocycles. The van der Waals surface area contributed by atoms with Crippen molar-refractivity contribution < 1.29 is 14.3 Å². The van der Waals surface area contributed by atoms with Crippen LogP contribution in [0.15, 0.2) is 48.5 Å². The highest BCUT2D eigenvalue weighted by atomic mass is 16.5. The van der Waals surface area contributed by atoms with Crippen LogP contribution in [0.2, 0.25) is 0 Å². The number of nitrogens with two attached hydrogens (primary N) is 1. The van der Waals surface area contributed by atoms with Crippen LogP contribution in [0.25, 0.3) is 0 Å². The van der Waals surface area contributed by atoms with E-state index in [-0.39, 0.29) is 12.4 Å². The number of benzene rings is 2. The summed E-state index contributed by atoms with van der Waals surface area (Å²) in [6, 6.07) is 15.0. The van der Waals surface area contributed by atoms with Gasteiger partial charge in [0.2, 0.25) is 0 Å². The molecule has 4 nitrogen and oxygen atoms in total. The van der Waals surface area contributed by atoms with E-state index in [2.05, 4.69) is 0 Å². The maximum absolute atomic E-state index is 11.7. The van der Waals surface area contributed by atoms with Gasteiger partial charge in [-0.3, -0.25) is 4.79 Å². The maximum atomic E-state index is 11.7. The molecule has 110 valence electrons. The number of anilines is 1. The minimum atomic E-state index is -0.242. The van der Waals surface area contributed by atoms with Gasteiger partial charge in [0.15, 0.2) is 0 Å². The first-order chi connectivity index (χ1) is 10.2. The smallest absolute Gasteiger partial charge is 0.310 e. The van der Waals surface area contributed by atoms with E-state index in [4.69, 9.17) is 15.2 Å². The van der Waals surface area contributed by atoms with E-state index in [9.17, 15) is 4.79 Å². The average Bonchev–Trinajstić information content (AvgIpc) is 2.48. The van der Waals surface area contributed by atoms with Crippen LogP contribution in [0.3, 0.4) is 0 Å². The Labute approximate surface area is 124 Å². The van der Waals surface area contributed by atoms with Gasteiger partial charge in [-0.2, -0.15) is 0 Å². The van der Waals surface area contributed by atoms with Crippen LogP contribution in [0.4, 0.5) is 5.69 Å². The number of hydrogen-bond donors (Lipinski definition) is 1. The quantitative estimate of drug-likeness (QED) is 0.654. The fraction of sp³-hybridized carbons (Fsp3) is 0.235. The number of rotatable bonds is 6. The Balaban J connectivity index is 1.76. The van der Waals surface area contributed by atoms with Gasteiger partial charge in [0.05, 0.1) is 20.1 Å². The van der Waals surface area contributed by atoms with E-state index in [1.54, 1.807) is 19.2 Å². The molecule has 4 heteroatoms. The van der Waals surface area contributed by atoms with Crippen molar-refractivity contribution in [2.45, 2.75) is 12.8 Å². The van der Waals surface area contributed by atoms with Crippen molar-refractivity contribution in [3.63, 3.8) is 0 Å². The zero-order chi connectivity index (χ0) is 15.1. The minimum absolute atomic E-state index is 0.242. The van der Waals surface area contributed by atoms with Crippen molar-refractivity contribution in [3.8, 4) is 5.75 Å². The van der Waals surface area contributed by atoms with Gasteiger partial charge in [-0.05, 0) is 35.4 Å². The lowest BCUT2D eigenvalue weighted by atomic mass is 10.1. The third kappa shape index (κ3) is 4.84. The van der Waals surface area contributed by atoms with Crippen molar-refractivity contribution >= 4 is 11.7 Å². The molecule has 0 heterocycles. The average molecular weight is 285 g/mol. The van der Waals surface area contributed by atoms with Crippen LogP contribution in [-0.4, -0.2) is 19.7 Å². The van der Waals surface area contributed by atoms with Crippen molar-refractivity contribution in [2.75, 3.05) is 19.5 Å². The van der Waals surface area contributed by atoms with Crippen molar-refractivity contribution in [2.24, 2.45) is 0 Å². The molecule has 0 unspecified atom stereocenters. The fourth-order valence-electron chi connectivity index (χ4n) is 2.00. The standard InChI is InChI=1S/C17H19NO3/c1-20-16-7-5-13(6-8-16)9-10-21-17(19)12-14-3-2-4-15(18)11-14/h2-8,11H,9-10,12,18H2,1H3. The number of esters is 1. The molecule has 0 fully saturated rings. The Bertz CT molecular complexity index is 593. The number of carbonyl (C=O) groups is 1. The molecule has 0 aliphatic heterocycles. The molecule has 0 saturated heterocycles. The number of ether oxygens (including phenoxy) is 2. The molecule has 0 radical (unpaired) electrons. The highest BCUT2D eigenvalue weighted by Gasteiger charge is 2.05. The predicted molar refractivity (Wildman–Crippen MR) is 82.2 cm³/mol. The SMILES string of the molecule is COc1ccc(CCOC(=O)Cc2cccc(N)c2)cc1. The molecule has 0 aliphatic rings. The molecule has 0 atom stereocenters. The molecule has 2 N–H and O–H groups in total. The fourth-order valence-corrected chi connectivity index (χ4v) is 2.00. The lowest BCUT2D eigenvalue weighted by Gasteiger charge is -2.06. The zero-order valence-corrected chi connectivity index (χ0v) is 12.0. The monoisotopic (exact) mass is 285 g/mol. The number of methoxy groups -OCH3 is 1. The van der Waals surface area contributed by atoms with Crippen molar-refractivity contribution in [1.29, 1.82) is 0 Å². The molecule has 2 aromatic carbocycles. The van der Waals surface area contributed by atoms with Gasteiger partial charge in [-0.15, -0.1) is 0 Å². The van der Waals surface area contributed by atoms with Gasteiger partial charge in [0, 0.05) is 12.1 Å². The van der Waals surface area contributed by atoms with Crippen molar-refractivity contribution in [1.82, 2.24) is 0 Å². The Kier molecular flexibility index (Phi) is 5.21. The molecular formula is C17H19NO3. The summed E-state index contributed by atoms with van der Waals surface area (Å²) in [5.41, 5.74) is 8.29. The predicted octanol–water partition coefficient (Wildman–Crippen LogP) is 2.61. The van der Waals surface area contributed by atoms with E-state index >= 15 is 0 Å². The van der Waals surface area contributed by atoms with Gasteiger partial charge in [0.1, 0.15) is 5.75 Å². The third-order valence-corrected chi connectivity index (χ3v) is 3.11. The van der Waals surface area contributed by atoms with Crippen LogP contribution < -0.4 is 10.5 Å². The normalized spacial score (nSPS) is 10.1. The van der Waals surface area contributed by atoms with Crippen LogP contribution >= 0.6 is 0 Å². The second-order valence-corrected chi connectivity index (χ2v) is 4.74. The largest absolute Gasteiger partial charge is 0.497 e. The Morgan fingerprint density at radius 3 is 2.52 bits per heavy atom. The van der Waals surface area contributed by atoms with E-state index in [0.717, 1.165) is 16.9 Å². The first-order valence-corrected chi connectivity index (χ1v) is 6.80. The van der Waals surface area contributed by atoms with Crippen LogP contribution in [-0.2, 0) is 22.4 Å². The van der Waals surface area contributed by atoms with E-state index in [0.29, 0.717) is 18.7 Å². The molecule has 0 aliphatic carbocycles. The summed E-state index contributed by atoms with van der Waals surface area (Å²) >= 11 is 0. The highest BCUT2D eigenvalue weighted by Crippen LogP contribution is 2.12. The van der Waals surface area contributed by atoms with E-state index in [1.165, 1.54) is 0 Å².